The largest absolute Gasteiger partial charge is 0.464 e. The third-order valence-electron chi connectivity index (χ3n) is 5.32. The van der Waals surface area contributed by atoms with E-state index in [-0.39, 0.29) is 17.0 Å². The summed E-state index contributed by atoms with van der Waals surface area (Å²) in [6.07, 6.45) is 7.80. The van der Waals surface area contributed by atoms with Crippen molar-refractivity contribution >= 4 is 28.8 Å². The SMILES string of the molecule is CCOC(=O)C1(NC(=O)C2(CSC(C)=O)CCCC2)CCCCC1. The number of hydrogen-bond acceptors (Lipinski definition) is 5. The molecule has 0 atom stereocenters. The average molecular weight is 356 g/mol. The highest BCUT2D eigenvalue weighted by Crippen LogP contribution is 2.42. The molecule has 136 valence electrons. The molecule has 2 saturated carbocycles. The number of ether oxygens (including phenoxy) is 1. The average Bonchev–Trinajstić information content (AvgIpc) is 3.04. The van der Waals surface area contributed by atoms with Crippen molar-refractivity contribution in [3.63, 3.8) is 0 Å². The smallest absolute Gasteiger partial charge is 0.331 e. The van der Waals surface area contributed by atoms with Gasteiger partial charge in [-0.3, -0.25) is 9.59 Å². The molecule has 1 amide bonds. The van der Waals surface area contributed by atoms with Crippen LogP contribution >= 0.6 is 11.8 Å². The van der Waals surface area contributed by atoms with Crippen LogP contribution in [0.4, 0.5) is 0 Å². The predicted molar refractivity (Wildman–Crippen MR) is 94.6 cm³/mol. The highest BCUT2D eigenvalue weighted by Gasteiger charge is 2.48. The minimum absolute atomic E-state index is 0.0341. The number of esters is 1. The Bertz CT molecular complexity index is 479. The summed E-state index contributed by atoms with van der Waals surface area (Å²) >= 11 is 1.22. The van der Waals surface area contributed by atoms with Gasteiger partial charge in [0.1, 0.15) is 5.54 Å². The minimum atomic E-state index is -0.873. The standard InChI is InChI=1S/C18H29NO4S/c1-3-23-16(22)18(11-5-4-6-12-18)19-15(21)17(9-7-8-10-17)13-24-14(2)20/h3-13H2,1-2H3,(H,19,21). The van der Waals surface area contributed by atoms with Crippen molar-refractivity contribution in [3.05, 3.63) is 0 Å². The highest BCUT2D eigenvalue weighted by molar-refractivity contribution is 8.13. The van der Waals surface area contributed by atoms with Crippen LogP contribution in [0.25, 0.3) is 0 Å². The molecule has 0 aromatic rings. The third kappa shape index (κ3) is 4.32. The first-order valence-corrected chi connectivity index (χ1v) is 10.1. The molecule has 0 spiro atoms. The number of thioether (sulfide) groups is 1. The van der Waals surface area contributed by atoms with Crippen molar-refractivity contribution in [3.8, 4) is 0 Å². The number of rotatable bonds is 6. The van der Waals surface area contributed by atoms with Crippen molar-refractivity contribution < 1.29 is 19.1 Å². The molecule has 2 aliphatic carbocycles. The van der Waals surface area contributed by atoms with Gasteiger partial charge < -0.3 is 10.1 Å². The number of hydrogen-bond donors (Lipinski definition) is 1. The highest BCUT2D eigenvalue weighted by atomic mass is 32.2. The summed E-state index contributed by atoms with van der Waals surface area (Å²) in [5, 5.41) is 3.12. The van der Waals surface area contributed by atoms with Crippen LogP contribution in [0, 0.1) is 5.41 Å². The van der Waals surface area contributed by atoms with E-state index in [9.17, 15) is 14.4 Å². The zero-order valence-corrected chi connectivity index (χ0v) is 15.6. The molecule has 0 saturated heterocycles. The molecule has 0 bridgehead atoms. The number of carbonyl (C=O) groups is 3. The molecule has 1 N–H and O–H groups in total. The summed E-state index contributed by atoms with van der Waals surface area (Å²) in [7, 11) is 0. The van der Waals surface area contributed by atoms with E-state index >= 15 is 0 Å². The van der Waals surface area contributed by atoms with Crippen LogP contribution in [-0.4, -0.2) is 34.9 Å². The Morgan fingerprint density at radius 2 is 1.58 bits per heavy atom. The second-order valence-electron chi connectivity index (χ2n) is 7.09. The Labute approximate surface area is 148 Å². The molecule has 0 unspecified atom stereocenters. The fourth-order valence-electron chi connectivity index (χ4n) is 3.88. The Balaban J connectivity index is 2.15. The van der Waals surface area contributed by atoms with Gasteiger partial charge in [0, 0.05) is 12.7 Å². The Morgan fingerprint density at radius 3 is 2.12 bits per heavy atom. The van der Waals surface area contributed by atoms with Gasteiger partial charge in [0.15, 0.2) is 5.12 Å². The second-order valence-corrected chi connectivity index (χ2v) is 8.24. The normalized spacial score (nSPS) is 21.9. The van der Waals surface area contributed by atoms with Crippen LogP contribution in [0.3, 0.4) is 0 Å². The molecule has 0 heterocycles. The van der Waals surface area contributed by atoms with Crippen LogP contribution in [-0.2, 0) is 19.1 Å². The van der Waals surface area contributed by atoms with Crippen LogP contribution in [0.15, 0.2) is 0 Å². The number of amides is 1. The van der Waals surface area contributed by atoms with Gasteiger partial charge in [0.05, 0.1) is 12.0 Å². The summed E-state index contributed by atoms with van der Waals surface area (Å²) in [6.45, 7) is 3.65. The van der Waals surface area contributed by atoms with Crippen molar-refractivity contribution in [2.45, 2.75) is 77.2 Å². The summed E-state index contributed by atoms with van der Waals surface area (Å²) in [6, 6.07) is 0. The quantitative estimate of drug-likeness (QED) is 0.741. The van der Waals surface area contributed by atoms with E-state index in [0.29, 0.717) is 25.2 Å². The molecule has 0 aliphatic heterocycles. The minimum Gasteiger partial charge on any atom is -0.464 e. The molecule has 24 heavy (non-hydrogen) atoms. The Kier molecular flexibility index (Phi) is 6.72. The van der Waals surface area contributed by atoms with E-state index in [1.54, 1.807) is 6.92 Å². The van der Waals surface area contributed by atoms with Gasteiger partial charge in [0.25, 0.3) is 0 Å². The van der Waals surface area contributed by atoms with E-state index in [2.05, 4.69) is 5.32 Å². The summed E-state index contributed by atoms with van der Waals surface area (Å²) in [5.41, 5.74) is -1.39. The van der Waals surface area contributed by atoms with Crippen molar-refractivity contribution in [1.82, 2.24) is 5.32 Å². The lowest BCUT2D eigenvalue weighted by atomic mass is 9.79. The third-order valence-corrected chi connectivity index (χ3v) is 6.42. The second kappa shape index (κ2) is 8.37. The number of nitrogens with one attached hydrogen (secondary N) is 1. The topological polar surface area (TPSA) is 72.5 Å². The molecule has 2 fully saturated rings. The van der Waals surface area contributed by atoms with E-state index in [0.717, 1.165) is 44.9 Å². The molecular weight excluding hydrogens is 326 g/mol. The maximum atomic E-state index is 13.1. The molecule has 2 aliphatic rings. The van der Waals surface area contributed by atoms with Crippen LogP contribution < -0.4 is 5.32 Å². The molecule has 0 radical (unpaired) electrons. The lowest BCUT2D eigenvalue weighted by Crippen LogP contribution is -2.59. The van der Waals surface area contributed by atoms with Gasteiger partial charge in [-0.15, -0.1) is 0 Å². The first-order valence-electron chi connectivity index (χ1n) is 9.07. The molecule has 6 heteroatoms. The maximum Gasteiger partial charge on any atom is 0.331 e. The van der Waals surface area contributed by atoms with Crippen LogP contribution in [0.1, 0.15) is 71.6 Å². The van der Waals surface area contributed by atoms with E-state index < -0.39 is 11.0 Å². The van der Waals surface area contributed by atoms with Gasteiger partial charge in [-0.25, -0.2) is 4.79 Å². The van der Waals surface area contributed by atoms with E-state index in [1.807, 2.05) is 0 Å². The zero-order chi connectivity index (χ0) is 17.6. The van der Waals surface area contributed by atoms with Gasteiger partial charge >= 0.3 is 5.97 Å². The Hall–Kier alpha value is -1.04. The summed E-state index contributed by atoms with van der Waals surface area (Å²) < 4.78 is 5.27. The van der Waals surface area contributed by atoms with E-state index in [4.69, 9.17) is 4.74 Å². The fraction of sp³-hybridized carbons (Fsp3) is 0.833. The van der Waals surface area contributed by atoms with Crippen molar-refractivity contribution in [2.75, 3.05) is 12.4 Å². The lowest BCUT2D eigenvalue weighted by Gasteiger charge is -2.39. The first kappa shape index (κ1) is 19.3. The van der Waals surface area contributed by atoms with Crippen molar-refractivity contribution in [2.24, 2.45) is 5.41 Å². The predicted octanol–water partition coefficient (Wildman–Crippen LogP) is 3.21. The van der Waals surface area contributed by atoms with Crippen molar-refractivity contribution in [1.29, 1.82) is 0 Å². The monoisotopic (exact) mass is 355 g/mol. The first-order chi connectivity index (χ1) is 11.4. The summed E-state index contributed by atoms with van der Waals surface area (Å²) in [5.74, 6) is 0.140. The maximum absolute atomic E-state index is 13.1. The number of carbonyl (C=O) groups excluding carboxylic acids is 3. The lowest BCUT2D eigenvalue weighted by molar-refractivity contribution is -0.156. The molecule has 2 rings (SSSR count). The molecule has 0 aromatic carbocycles. The zero-order valence-electron chi connectivity index (χ0n) is 14.8. The Morgan fingerprint density at radius 1 is 1.00 bits per heavy atom. The fourth-order valence-corrected chi connectivity index (χ4v) is 4.78. The van der Waals surface area contributed by atoms with E-state index in [1.165, 1.54) is 18.7 Å². The molecule has 5 nitrogen and oxygen atoms in total. The summed E-state index contributed by atoms with van der Waals surface area (Å²) in [4.78, 5) is 37.0. The van der Waals surface area contributed by atoms with Crippen LogP contribution in [0.5, 0.6) is 0 Å². The van der Waals surface area contributed by atoms with Gasteiger partial charge in [-0.2, -0.15) is 0 Å². The van der Waals surface area contributed by atoms with Gasteiger partial charge in [0.2, 0.25) is 5.91 Å². The molecule has 0 aromatic heterocycles. The molecular formula is C18H29NO4S. The van der Waals surface area contributed by atoms with Gasteiger partial charge in [-0.05, 0) is 32.6 Å². The van der Waals surface area contributed by atoms with Gasteiger partial charge in [-0.1, -0.05) is 43.9 Å². The van der Waals surface area contributed by atoms with Crippen LogP contribution in [0.2, 0.25) is 0 Å².